The fraction of sp³-hybridized carbons (Fsp3) is 0.571. The van der Waals surface area contributed by atoms with Crippen LogP contribution in [-0.4, -0.2) is 54.2 Å². The quantitative estimate of drug-likeness (QED) is 0.840. The van der Waals surface area contributed by atoms with Gasteiger partial charge in [0.15, 0.2) is 0 Å². The van der Waals surface area contributed by atoms with Crippen LogP contribution in [0.15, 0.2) is 24.3 Å². The van der Waals surface area contributed by atoms with E-state index in [9.17, 15) is 5.11 Å². The lowest BCUT2D eigenvalue weighted by Gasteiger charge is -2.42. The Morgan fingerprint density at radius 2 is 2.22 bits per heavy atom. The smallest absolute Gasteiger partial charge is 0.115 e. The van der Waals surface area contributed by atoms with Crippen molar-refractivity contribution in [3.05, 3.63) is 29.8 Å². The first-order valence-electron chi connectivity index (χ1n) is 6.55. The van der Waals surface area contributed by atoms with E-state index in [0.717, 1.165) is 25.2 Å². The number of nitrogens with two attached hydrogens (primary N) is 1. The third-order valence-corrected chi connectivity index (χ3v) is 3.76. The van der Waals surface area contributed by atoms with Crippen LogP contribution in [-0.2, 0) is 0 Å². The van der Waals surface area contributed by atoms with Gasteiger partial charge in [-0.15, -0.1) is 0 Å². The number of phenols is 1. The normalized spacial score (nSPS) is 24.1. The Bertz CT molecular complexity index is 396. The topological polar surface area (TPSA) is 52.7 Å². The molecule has 0 aliphatic carbocycles. The van der Waals surface area contributed by atoms with Gasteiger partial charge in [-0.05, 0) is 31.7 Å². The van der Waals surface area contributed by atoms with Gasteiger partial charge in [0.25, 0.3) is 0 Å². The number of aromatic hydroxyl groups is 1. The fourth-order valence-corrected chi connectivity index (χ4v) is 2.81. The molecule has 0 bridgehead atoms. The number of phenolic OH excluding ortho intramolecular Hbond substituents is 1. The summed E-state index contributed by atoms with van der Waals surface area (Å²) in [5.41, 5.74) is 7.05. The summed E-state index contributed by atoms with van der Waals surface area (Å²) in [6.07, 6.45) is 0. The zero-order valence-electron chi connectivity index (χ0n) is 11.2. The molecule has 0 radical (unpaired) electrons. The van der Waals surface area contributed by atoms with Crippen molar-refractivity contribution in [1.82, 2.24) is 9.80 Å². The molecule has 2 atom stereocenters. The molecule has 0 spiro atoms. The molecule has 1 fully saturated rings. The number of rotatable bonds is 3. The van der Waals surface area contributed by atoms with Gasteiger partial charge in [0.05, 0.1) is 0 Å². The van der Waals surface area contributed by atoms with Gasteiger partial charge < -0.3 is 15.7 Å². The summed E-state index contributed by atoms with van der Waals surface area (Å²) in [6, 6.07) is 8.13. The van der Waals surface area contributed by atoms with Crippen LogP contribution in [0, 0.1) is 0 Å². The molecule has 0 aromatic heterocycles. The van der Waals surface area contributed by atoms with Crippen molar-refractivity contribution >= 4 is 0 Å². The lowest BCUT2D eigenvalue weighted by atomic mass is 10.0. The molecule has 100 valence electrons. The molecule has 18 heavy (non-hydrogen) atoms. The summed E-state index contributed by atoms with van der Waals surface area (Å²) in [4.78, 5) is 4.78. The zero-order chi connectivity index (χ0) is 13.1. The number of nitrogens with zero attached hydrogens (tertiary/aromatic N) is 2. The van der Waals surface area contributed by atoms with Crippen molar-refractivity contribution < 1.29 is 5.11 Å². The first-order chi connectivity index (χ1) is 8.61. The maximum atomic E-state index is 9.60. The van der Waals surface area contributed by atoms with Crippen molar-refractivity contribution in [2.45, 2.75) is 19.0 Å². The van der Waals surface area contributed by atoms with Crippen LogP contribution in [0.25, 0.3) is 0 Å². The Kier molecular flexibility index (Phi) is 4.22. The number of likely N-dealkylation sites (N-methyl/N-ethyl adjacent to an activating group) is 1. The average molecular weight is 249 g/mol. The highest BCUT2D eigenvalue weighted by molar-refractivity contribution is 5.29. The first kappa shape index (κ1) is 13.3. The average Bonchev–Trinajstić information content (AvgIpc) is 2.33. The van der Waals surface area contributed by atoms with Crippen molar-refractivity contribution in [3.8, 4) is 5.75 Å². The lowest BCUT2D eigenvalue weighted by molar-refractivity contribution is 0.0635. The Balaban J connectivity index is 2.18. The van der Waals surface area contributed by atoms with Crippen LogP contribution in [0.4, 0.5) is 0 Å². The molecular formula is C14H23N3O. The third kappa shape index (κ3) is 2.83. The minimum absolute atomic E-state index is 0.195. The van der Waals surface area contributed by atoms with E-state index in [-0.39, 0.29) is 6.04 Å². The molecule has 2 rings (SSSR count). The van der Waals surface area contributed by atoms with Crippen LogP contribution in [0.5, 0.6) is 5.75 Å². The number of hydrogen-bond donors (Lipinski definition) is 2. The summed E-state index contributed by atoms with van der Waals surface area (Å²) >= 11 is 0. The fourth-order valence-electron chi connectivity index (χ4n) is 2.81. The number of benzene rings is 1. The minimum Gasteiger partial charge on any atom is -0.508 e. The van der Waals surface area contributed by atoms with Crippen LogP contribution >= 0.6 is 0 Å². The maximum Gasteiger partial charge on any atom is 0.115 e. The van der Waals surface area contributed by atoms with Gasteiger partial charge in [0, 0.05) is 38.3 Å². The molecule has 2 unspecified atom stereocenters. The Morgan fingerprint density at radius 3 is 2.83 bits per heavy atom. The molecule has 4 heteroatoms. The molecule has 1 saturated heterocycles. The lowest BCUT2D eigenvalue weighted by Crippen LogP contribution is -2.52. The van der Waals surface area contributed by atoms with Crippen LogP contribution in [0.2, 0.25) is 0 Å². The van der Waals surface area contributed by atoms with E-state index in [1.807, 2.05) is 18.2 Å². The second-order valence-corrected chi connectivity index (χ2v) is 5.20. The molecule has 4 nitrogen and oxygen atoms in total. The molecule has 1 aromatic carbocycles. The highest BCUT2D eigenvalue weighted by atomic mass is 16.3. The van der Waals surface area contributed by atoms with Crippen LogP contribution < -0.4 is 5.73 Å². The molecule has 1 heterocycles. The van der Waals surface area contributed by atoms with Crippen LogP contribution in [0.3, 0.4) is 0 Å². The van der Waals surface area contributed by atoms with E-state index in [2.05, 4.69) is 23.8 Å². The maximum absolute atomic E-state index is 9.60. The minimum atomic E-state index is 0.195. The Hall–Kier alpha value is -1.10. The molecular weight excluding hydrogens is 226 g/mol. The summed E-state index contributed by atoms with van der Waals surface area (Å²) in [7, 11) is 2.15. The summed E-state index contributed by atoms with van der Waals surface area (Å²) in [6.45, 7) is 5.97. The highest BCUT2D eigenvalue weighted by Gasteiger charge is 2.28. The van der Waals surface area contributed by atoms with E-state index in [0.29, 0.717) is 18.3 Å². The molecule has 3 N–H and O–H groups in total. The van der Waals surface area contributed by atoms with Gasteiger partial charge in [0.1, 0.15) is 5.75 Å². The third-order valence-electron chi connectivity index (χ3n) is 3.76. The summed E-state index contributed by atoms with van der Waals surface area (Å²) < 4.78 is 0. The number of piperazine rings is 1. The van der Waals surface area contributed by atoms with Crippen molar-refractivity contribution in [2.75, 3.05) is 33.2 Å². The van der Waals surface area contributed by atoms with Crippen molar-refractivity contribution in [3.63, 3.8) is 0 Å². The standard InChI is InChI=1S/C14H23N3O/c1-11-10-16(2)6-7-17(11)14(9-15)12-4-3-5-13(18)8-12/h3-5,8,11,14,18H,6-7,9-10,15H2,1-2H3. The second-order valence-electron chi connectivity index (χ2n) is 5.20. The van der Waals surface area contributed by atoms with E-state index < -0.39 is 0 Å². The van der Waals surface area contributed by atoms with Crippen molar-refractivity contribution in [1.29, 1.82) is 0 Å². The summed E-state index contributed by atoms with van der Waals surface area (Å²) in [5, 5.41) is 9.60. The van der Waals surface area contributed by atoms with Gasteiger partial charge in [-0.3, -0.25) is 4.90 Å². The van der Waals surface area contributed by atoms with Gasteiger partial charge >= 0.3 is 0 Å². The van der Waals surface area contributed by atoms with Gasteiger partial charge in [-0.1, -0.05) is 12.1 Å². The van der Waals surface area contributed by atoms with E-state index in [1.54, 1.807) is 6.07 Å². The molecule has 1 aliphatic rings. The molecule has 0 saturated carbocycles. The van der Waals surface area contributed by atoms with Gasteiger partial charge in [-0.25, -0.2) is 0 Å². The number of hydrogen-bond acceptors (Lipinski definition) is 4. The largest absolute Gasteiger partial charge is 0.508 e. The van der Waals surface area contributed by atoms with E-state index in [1.165, 1.54) is 0 Å². The Labute approximate surface area is 109 Å². The monoisotopic (exact) mass is 249 g/mol. The predicted molar refractivity (Wildman–Crippen MR) is 73.6 cm³/mol. The molecule has 0 amide bonds. The molecule has 1 aliphatic heterocycles. The van der Waals surface area contributed by atoms with E-state index >= 15 is 0 Å². The van der Waals surface area contributed by atoms with Crippen LogP contribution in [0.1, 0.15) is 18.5 Å². The highest BCUT2D eigenvalue weighted by Crippen LogP contribution is 2.26. The SMILES string of the molecule is CC1CN(C)CCN1C(CN)c1cccc(O)c1. The Morgan fingerprint density at radius 1 is 1.44 bits per heavy atom. The predicted octanol–water partition coefficient (Wildman–Crippen LogP) is 1.03. The van der Waals surface area contributed by atoms with E-state index in [4.69, 9.17) is 5.73 Å². The van der Waals surface area contributed by atoms with Crippen molar-refractivity contribution in [2.24, 2.45) is 5.73 Å². The first-order valence-corrected chi connectivity index (χ1v) is 6.55. The second kappa shape index (κ2) is 5.69. The van der Waals surface area contributed by atoms with Gasteiger partial charge in [0.2, 0.25) is 0 Å². The molecule has 1 aromatic rings. The summed E-state index contributed by atoms with van der Waals surface area (Å²) in [5.74, 6) is 0.313. The van der Waals surface area contributed by atoms with Gasteiger partial charge in [-0.2, -0.15) is 0 Å². The zero-order valence-corrected chi connectivity index (χ0v) is 11.2.